The zero-order valence-corrected chi connectivity index (χ0v) is 8.38. The van der Waals surface area contributed by atoms with Crippen LogP contribution in [0.25, 0.3) is 0 Å². The van der Waals surface area contributed by atoms with Crippen molar-refractivity contribution in [3.8, 4) is 0 Å². The first-order chi connectivity index (χ1) is 7.07. The van der Waals surface area contributed by atoms with E-state index in [0.29, 0.717) is 19.4 Å². The van der Waals surface area contributed by atoms with E-state index >= 15 is 0 Å². The minimum atomic E-state index is -0.795. The molecule has 1 rings (SSSR count). The molecule has 0 unspecified atom stereocenters. The van der Waals surface area contributed by atoms with E-state index in [1.165, 1.54) is 4.90 Å². The molecule has 1 heterocycles. The summed E-state index contributed by atoms with van der Waals surface area (Å²) in [5, 5.41) is 2.05. The SMILES string of the molecule is C[C@H](N)C(=O)N1CCC[C@H]1C(=O)ON=O. The Kier molecular flexibility index (Phi) is 3.73. The van der Waals surface area contributed by atoms with Crippen LogP contribution in [0.5, 0.6) is 0 Å². The summed E-state index contributed by atoms with van der Waals surface area (Å²) in [6.45, 7) is 2.00. The number of nitrogens with zero attached hydrogens (tertiary/aromatic N) is 2. The second-order valence-corrected chi connectivity index (χ2v) is 3.46. The molecule has 0 aliphatic carbocycles. The average Bonchev–Trinajstić information content (AvgIpc) is 2.65. The molecule has 0 aromatic carbocycles. The van der Waals surface area contributed by atoms with Gasteiger partial charge in [-0.05, 0) is 19.8 Å². The number of hydrogen-bond donors (Lipinski definition) is 1. The molecule has 0 aromatic heterocycles. The van der Waals surface area contributed by atoms with E-state index in [1.807, 2.05) is 0 Å². The van der Waals surface area contributed by atoms with Crippen molar-refractivity contribution in [2.75, 3.05) is 6.54 Å². The third kappa shape index (κ3) is 2.50. The standard InChI is InChI=1S/C8H13N3O4/c1-5(9)7(12)11-4-2-3-6(11)8(13)15-10-14/h5-6H,2-4,9H2,1H3/t5-,6-/m0/s1. The first-order valence-corrected chi connectivity index (χ1v) is 4.67. The van der Waals surface area contributed by atoms with Crippen molar-refractivity contribution in [1.82, 2.24) is 4.90 Å². The Morgan fingerprint density at radius 2 is 2.27 bits per heavy atom. The second kappa shape index (κ2) is 4.83. The number of carbonyl (C=O) groups excluding carboxylic acids is 2. The first-order valence-electron chi connectivity index (χ1n) is 4.67. The van der Waals surface area contributed by atoms with Crippen LogP contribution >= 0.6 is 0 Å². The van der Waals surface area contributed by atoms with Gasteiger partial charge in [-0.3, -0.25) is 9.63 Å². The molecule has 15 heavy (non-hydrogen) atoms. The largest absolute Gasteiger partial charge is 0.360 e. The Morgan fingerprint density at radius 3 is 2.80 bits per heavy atom. The lowest BCUT2D eigenvalue weighted by molar-refractivity contribution is -0.153. The minimum absolute atomic E-state index is 0.319. The fourth-order valence-corrected chi connectivity index (χ4v) is 1.63. The summed E-state index contributed by atoms with van der Waals surface area (Å²) in [4.78, 5) is 37.9. The highest BCUT2D eigenvalue weighted by Gasteiger charge is 2.36. The van der Waals surface area contributed by atoms with Crippen molar-refractivity contribution in [3.05, 3.63) is 4.91 Å². The van der Waals surface area contributed by atoms with Gasteiger partial charge in [0.25, 0.3) is 0 Å². The van der Waals surface area contributed by atoms with Crippen LogP contribution in [0.1, 0.15) is 19.8 Å². The Morgan fingerprint density at radius 1 is 1.60 bits per heavy atom. The van der Waals surface area contributed by atoms with Gasteiger partial charge in [0.1, 0.15) is 6.04 Å². The Bertz CT molecular complexity index is 279. The maximum atomic E-state index is 11.5. The van der Waals surface area contributed by atoms with Crippen LogP contribution in [0.3, 0.4) is 0 Å². The topological polar surface area (TPSA) is 102 Å². The van der Waals surface area contributed by atoms with Crippen LogP contribution in [-0.2, 0) is 14.4 Å². The third-order valence-electron chi connectivity index (χ3n) is 2.32. The van der Waals surface area contributed by atoms with Crippen molar-refractivity contribution in [1.29, 1.82) is 0 Å². The van der Waals surface area contributed by atoms with Gasteiger partial charge in [0, 0.05) is 6.54 Å². The van der Waals surface area contributed by atoms with Crippen molar-refractivity contribution < 1.29 is 14.4 Å². The lowest BCUT2D eigenvalue weighted by Gasteiger charge is -2.23. The van der Waals surface area contributed by atoms with Gasteiger partial charge in [-0.1, -0.05) is 0 Å². The van der Waals surface area contributed by atoms with Crippen molar-refractivity contribution in [2.45, 2.75) is 31.8 Å². The third-order valence-corrected chi connectivity index (χ3v) is 2.32. The van der Waals surface area contributed by atoms with Crippen LogP contribution in [-0.4, -0.2) is 35.4 Å². The second-order valence-electron chi connectivity index (χ2n) is 3.46. The smallest absolute Gasteiger partial charge is 0.327 e. The summed E-state index contributed by atoms with van der Waals surface area (Å²) in [5.74, 6) is -1.11. The first kappa shape index (κ1) is 11.6. The van der Waals surface area contributed by atoms with Gasteiger partial charge in [-0.25, -0.2) is 4.79 Å². The van der Waals surface area contributed by atoms with E-state index in [4.69, 9.17) is 5.73 Å². The van der Waals surface area contributed by atoms with Crippen LogP contribution in [0.2, 0.25) is 0 Å². The van der Waals surface area contributed by atoms with Gasteiger partial charge < -0.3 is 10.6 Å². The lowest BCUT2D eigenvalue weighted by atomic mass is 10.2. The molecular formula is C8H13N3O4. The quantitative estimate of drug-likeness (QED) is 0.507. The Hall–Kier alpha value is -1.50. The highest BCUT2D eigenvalue weighted by atomic mass is 16.7. The molecule has 1 fully saturated rings. The summed E-state index contributed by atoms with van der Waals surface area (Å²) in [5.41, 5.74) is 5.42. The zero-order chi connectivity index (χ0) is 11.4. The van der Waals surface area contributed by atoms with Crippen LogP contribution < -0.4 is 5.73 Å². The number of likely N-dealkylation sites (tertiary alicyclic amines) is 1. The van der Waals surface area contributed by atoms with Crippen LogP contribution in [0.15, 0.2) is 5.34 Å². The molecule has 0 radical (unpaired) electrons. The number of rotatable bonds is 3. The van der Waals surface area contributed by atoms with Gasteiger partial charge in [0.2, 0.25) is 5.91 Å². The molecule has 1 aliphatic heterocycles. The molecule has 7 heteroatoms. The molecule has 1 amide bonds. The Balaban J connectivity index is 2.68. The molecule has 2 atom stereocenters. The highest BCUT2D eigenvalue weighted by molar-refractivity contribution is 5.87. The van der Waals surface area contributed by atoms with Gasteiger partial charge in [-0.2, -0.15) is 0 Å². The lowest BCUT2D eigenvalue weighted by Crippen LogP contribution is -2.47. The fourth-order valence-electron chi connectivity index (χ4n) is 1.63. The number of hydrogen-bond acceptors (Lipinski definition) is 6. The van der Waals surface area contributed by atoms with E-state index < -0.39 is 18.1 Å². The molecule has 7 nitrogen and oxygen atoms in total. The molecule has 0 aromatic rings. The van der Waals surface area contributed by atoms with E-state index in [0.717, 1.165) is 0 Å². The van der Waals surface area contributed by atoms with E-state index in [2.05, 4.69) is 10.2 Å². The maximum Gasteiger partial charge on any atom is 0.360 e. The van der Waals surface area contributed by atoms with Crippen LogP contribution in [0.4, 0.5) is 0 Å². The molecular weight excluding hydrogens is 202 g/mol. The van der Waals surface area contributed by atoms with Gasteiger partial charge in [-0.15, -0.1) is 4.91 Å². The molecule has 84 valence electrons. The maximum absolute atomic E-state index is 11.5. The minimum Gasteiger partial charge on any atom is -0.327 e. The molecule has 1 saturated heterocycles. The monoisotopic (exact) mass is 215 g/mol. The predicted octanol–water partition coefficient (Wildman–Crippen LogP) is -0.451. The summed E-state index contributed by atoms with van der Waals surface area (Å²) >= 11 is 0. The number of carbonyl (C=O) groups is 2. The Labute approximate surface area is 86.5 Å². The number of amides is 1. The van der Waals surface area contributed by atoms with E-state index in [-0.39, 0.29) is 5.91 Å². The highest BCUT2D eigenvalue weighted by Crippen LogP contribution is 2.19. The van der Waals surface area contributed by atoms with Crippen molar-refractivity contribution in [3.63, 3.8) is 0 Å². The van der Waals surface area contributed by atoms with Crippen LogP contribution in [0, 0.1) is 4.91 Å². The predicted molar refractivity (Wildman–Crippen MR) is 50.3 cm³/mol. The van der Waals surface area contributed by atoms with Gasteiger partial charge in [0.05, 0.1) is 6.04 Å². The fraction of sp³-hybridized carbons (Fsp3) is 0.750. The summed E-state index contributed by atoms with van der Waals surface area (Å²) in [6, 6.07) is -1.39. The van der Waals surface area contributed by atoms with Gasteiger partial charge in [0.15, 0.2) is 5.34 Å². The van der Waals surface area contributed by atoms with Gasteiger partial charge >= 0.3 is 5.97 Å². The molecule has 2 N–H and O–H groups in total. The molecule has 0 saturated carbocycles. The molecule has 1 aliphatic rings. The normalized spacial score (nSPS) is 22.3. The summed E-state index contributed by atoms with van der Waals surface area (Å²) in [6.07, 6.45) is 1.17. The van der Waals surface area contributed by atoms with E-state index in [1.54, 1.807) is 6.92 Å². The molecule has 0 bridgehead atoms. The average molecular weight is 215 g/mol. The van der Waals surface area contributed by atoms with Crippen molar-refractivity contribution in [2.24, 2.45) is 11.1 Å². The van der Waals surface area contributed by atoms with Crippen molar-refractivity contribution >= 4 is 11.9 Å². The van der Waals surface area contributed by atoms with E-state index in [9.17, 15) is 14.5 Å². The summed E-state index contributed by atoms with van der Waals surface area (Å²) in [7, 11) is 0. The number of nitrogens with two attached hydrogens (primary N) is 1. The summed E-state index contributed by atoms with van der Waals surface area (Å²) < 4.78 is 0. The zero-order valence-electron chi connectivity index (χ0n) is 8.38. The molecule has 0 spiro atoms.